The lowest BCUT2D eigenvalue weighted by Crippen LogP contribution is -2.18. The van der Waals surface area contributed by atoms with Gasteiger partial charge in [-0.1, -0.05) is 37.3 Å². The van der Waals surface area contributed by atoms with Gasteiger partial charge in [0.2, 0.25) is 0 Å². The van der Waals surface area contributed by atoms with Gasteiger partial charge in [-0.25, -0.2) is 0 Å². The first-order chi connectivity index (χ1) is 12.0. The first-order valence-electron chi connectivity index (χ1n) is 7.87. The smallest absolute Gasteiger partial charge is 0.406 e. The third-order valence-corrected chi connectivity index (χ3v) is 4.73. The lowest BCUT2D eigenvalue weighted by atomic mass is 9.93. The molecule has 1 aromatic carbocycles. The highest BCUT2D eigenvalue weighted by atomic mass is 32.1. The molecule has 26 heavy (non-hydrogen) atoms. The van der Waals surface area contributed by atoms with Crippen LogP contribution in [0.3, 0.4) is 0 Å². The number of aryl methyl sites for hydroxylation is 2. The summed E-state index contributed by atoms with van der Waals surface area (Å²) < 4.78 is 45.0. The van der Waals surface area contributed by atoms with Gasteiger partial charge in [-0.15, -0.1) is 18.3 Å². The van der Waals surface area contributed by atoms with Gasteiger partial charge in [0.25, 0.3) is 0 Å². The number of nitrogens with zero attached hydrogens (tertiary/aromatic N) is 4. The van der Waals surface area contributed by atoms with Crippen LogP contribution in [0.15, 0.2) is 24.4 Å². The van der Waals surface area contributed by atoms with Crippen molar-refractivity contribution in [1.82, 2.24) is 19.6 Å². The summed E-state index contributed by atoms with van der Waals surface area (Å²) in [5.41, 5.74) is 1.46. The van der Waals surface area contributed by atoms with E-state index in [0.29, 0.717) is 23.3 Å². The molecule has 0 radical (unpaired) electrons. The SMILES string of the molecule is CC(C)(C)c1cn(CCn2c(=N)sc3cc(OC(F)(F)F)ccc32)nn1. The minimum absolute atomic E-state index is 0.101. The Morgan fingerprint density at radius 1 is 1.19 bits per heavy atom. The van der Waals surface area contributed by atoms with Crippen LogP contribution in [0.1, 0.15) is 26.5 Å². The first kappa shape index (κ1) is 18.4. The number of hydrogen-bond donors (Lipinski definition) is 1. The minimum Gasteiger partial charge on any atom is -0.406 e. The standard InChI is InChI=1S/C16H18F3N5OS/c1-15(2,3)13-9-23(22-21-13)6-7-24-11-5-4-10(25-16(17,18)19)8-12(11)26-14(24)20/h4-5,8-9,20H,6-7H2,1-3H3. The zero-order valence-corrected chi connectivity index (χ0v) is 15.3. The second-order valence-corrected chi connectivity index (χ2v) is 7.88. The second-order valence-electron chi connectivity index (χ2n) is 6.85. The largest absolute Gasteiger partial charge is 0.573 e. The summed E-state index contributed by atoms with van der Waals surface area (Å²) in [5, 5.41) is 16.3. The van der Waals surface area contributed by atoms with Gasteiger partial charge < -0.3 is 9.30 Å². The average Bonchev–Trinajstić information content (AvgIpc) is 3.07. The average molecular weight is 385 g/mol. The summed E-state index contributed by atoms with van der Waals surface area (Å²) in [6.45, 7) is 7.11. The van der Waals surface area contributed by atoms with E-state index in [1.807, 2.05) is 27.0 Å². The molecule has 0 atom stereocenters. The van der Waals surface area contributed by atoms with Crippen LogP contribution >= 0.6 is 11.3 Å². The van der Waals surface area contributed by atoms with Gasteiger partial charge in [-0.05, 0) is 18.2 Å². The van der Waals surface area contributed by atoms with Gasteiger partial charge in [-0.3, -0.25) is 10.1 Å². The van der Waals surface area contributed by atoms with Crippen molar-refractivity contribution in [2.24, 2.45) is 0 Å². The first-order valence-corrected chi connectivity index (χ1v) is 8.69. The predicted molar refractivity (Wildman–Crippen MR) is 91.1 cm³/mol. The second kappa shape index (κ2) is 6.42. The van der Waals surface area contributed by atoms with Crippen molar-refractivity contribution in [3.05, 3.63) is 34.9 Å². The summed E-state index contributed by atoms with van der Waals surface area (Å²) in [6.07, 6.45) is -2.86. The summed E-state index contributed by atoms with van der Waals surface area (Å²) >= 11 is 1.10. The summed E-state index contributed by atoms with van der Waals surface area (Å²) in [7, 11) is 0. The zero-order valence-electron chi connectivity index (χ0n) is 14.5. The molecular weight excluding hydrogens is 367 g/mol. The fourth-order valence-electron chi connectivity index (χ4n) is 2.44. The zero-order chi connectivity index (χ0) is 19.1. The summed E-state index contributed by atoms with van der Waals surface area (Å²) in [4.78, 5) is 0.250. The molecule has 0 aliphatic rings. The highest BCUT2D eigenvalue weighted by molar-refractivity contribution is 7.16. The molecule has 0 saturated heterocycles. The molecule has 0 bridgehead atoms. The molecule has 140 valence electrons. The van der Waals surface area contributed by atoms with Crippen molar-refractivity contribution in [3.8, 4) is 5.75 Å². The van der Waals surface area contributed by atoms with E-state index in [1.165, 1.54) is 18.2 Å². The van der Waals surface area contributed by atoms with Crippen LogP contribution in [-0.2, 0) is 18.5 Å². The van der Waals surface area contributed by atoms with Gasteiger partial charge in [0.15, 0.2) is 4.80 Å². The molecule has 2 heterocycles. The van der Waals surface area contributed by atoms with E-state index in [2.05, 4.69) is 15.0 Å². The molecule has 3 rings (SSSR count). The van der Waals surface area contributed by atoms with Crippen molar-refractivity contribution in [1.29, 1.82) is 5.41 Å². The number of ether oxygens (including phenoxy) is 1. The molecule has 0 amide bonds. The Morgan fingerprint density at radius 3 is 2.54 bits per heavy atom. The highest BCUT2D eigenvalue weighted by Gasteiger charge is 2.31. The lowest BCUT2D eigenvalue weighted by molar-refractivity contribution is -0.274. The topological polar surface area (TPSA) is 68.7 Å². The van der Waals surface area contributed by atoms with Crippen molar-refractivity contribution in [3.63, 3.8) is 0 Å². The minimum atomic E-state index is -4.73. The van der Waals surface area contributed by atoms with Crippen LogP contribution in [0.5, 0.6) is 5.75 Å². The van der Waals surface area contributed by atoms with E-state index < -0.39 is 6.36 Å². The molecule has 0 aliphatic carbocycles. The molecule has 0 saturated carbocycles. The Kier molecular flexibility index (Phi) is 4.55. The van der Waals surface area contributed by atoms with E-state index in [4.69, 9.17) is 5.41 Å². The highest BCUT2D eigenvalue weighted by Crippen LogP contribution is 2.28. The number of benzene rings is 1. The van der Waals surface area contributed by atoms with Gasteiger partial charge in [0.1, 0.15) is 5.75 Å². The predicted octanol–water partition coefficient (Wildman–Crippen LogP) is 3.67. The van der Waals surface area contributed by atoms with Crippen molar-refractivity contribution >= 4 is 21.6 Å². The Labute approximate surface area is 151 Å². The van der Waals surface area contributed by atoms with E-state index in [-0.39, 0.29) is 16.0 Å². The monoisotopic (exact) mass is 385 g/mol. The van der Waals surface area contributed by atoms with Crippen molar-refractivity contribution in [2.45, 2.75) is 45.6 Å². The van der Waals surface area contributed by atoms with Crippen LogP contribution in [-0.4, -0.2) is 25.9 Å². The number of halogens is 3. The van der Waals surface area contributed by atoms with Crippen molar-refractivity contribution < 1.29 is 17.9 Å². The number of aromatic nitrogens is 4. The van der Waals surface area contributed by atoms with Crippen LogP contribution in [0, 0.1) is 5.41 Å². The molecule has 3 aromatic rings. The Hall–Kier alpha value is -2.36. The number of hydrogen-bond acceptors (Lipinski definition) is 5. The lowest BCUT2D eigenvalue weighted by Gasteiger charge is -2.13. The van der Waals surface area contributed by atoms with Crippen molar-refractivity contribution in [2.75, 3.05) is 0 Å². The maximum absolute atomic E-state index is 12.3. The molecule has 0 fully saturated rings. The third-order valence-electron chi connectivity index (χ3n) is 3.77. The molecule has 0 spiro atoms. The Bertz CT molecular complexity index is 980. The van der Waals surface area contributed by atoms with Gasteiger partial charge >= 0.3 is 6.36 Å². The van der Waals surface area contributed by atoms with Crippen LogP contribution in [0.4, 0.5) is 13.2 Å². The number of thiazole rings is 1. The maximum Gasteiger partial charge on any atom is 0.573 e. The maximum atomic E-state index is 12.3. The quantitative estimate of drug-likeness (QED) is 0.745. The van der Waals surface area contributed by atoms with Gasteiger partial charge in [0.05, 0.1) is 22.5 Å². The van der Waals surface area contributed by atoms with Gasteiger partial charge in [0, 0.05) is 18.2 Å². The number of alkyl halides is 3. The fourth-order valence-corrected chi connectivity index (χ4v) is 3.41. The molecule has 0 aliphatic heterocycles. The Morgan fingerprint density at radius 2 is 1.92 bits per heavy atom. The Balaban J connectivity index is 1.81. The number of nitrogens with one attached hydrogen (secondary N) is 1. The summed E-state index contributed by atoms with van der Waals surface area (Å²) in [6, 6.07) is 4.09. The van der Waals surface area contributed by atoms with E-state index in [0.717, 1.165) is 17.0 Å². The van der Waals surface area contributed by atoms with E-state index in [9.17, 15) is 13.2 Å². The molecule has 10 heteroatoms. The molecular formula is C16H18F3N5OS. The van der Waals surface area contributed by atoms with Gasteiger partial charge in [-0.2, -0.15) is 0 Å². The molecule has 0 unspecified atom stereocenters. The normalized spacial score (nSPS) is 12.7. The van der Waals surface area contributed by atoms with E-state index in [1.54, 1.807) is 9.25 Å². The van der Waals surface area contributed by atoms with Crippen LogP contribution < -0.4 is 9.54 Å². The number of rotatable bonds is 4. The molecule has 2 aromatic heterocycles. The number of fused-ring (bicyclic) bond motifs is 1. The fraction of sp³-hybridized carbons (Fsp3) is 0.438. The van der Waals surface area contributed by atoms with E-state index >= 15 is 0 Å². The molecule has 1 N–H and O–H groups in total. The molecule has 6 nitrogen and oxygen atoms in total. The summed E-state index contributed by atoms with van der Waals surface area (Å²) in [5.74, 6) is -0.288. The third kappa shape index (κ3) is 4.06. The van der Waals surface area contributed by atoms with Crippen LogP contribution in [0.2, 0.25) is 0 Å². The van der Waals surface area contributed by atoms with Crippen LogP contribution in [0.25, 0.3) is 10.2 Å².